The molecule has 1 atom stereocenters. The van der Waals surface area contributed by atoms with E-state index in [9.17, 15) is 13.2 Å². The molecule has 0 saturated carbocycles. The highest BCUT2D eigenvalue weighted by molar-refractivity contribution is 7.91. The topological polar surface area (TPSA) is 85.8 Å². The highest BCUT2D eigenvalue weighted by Crippen LogP contribution is 2.39. The molecule has 8 heteroatoms. The molecule has 0 aliphatic carbocycles. The maximum atomic E-state index is 13.8. The van der Waals surface area contributed by atoms with E-state index in [1.54, 1.807) is 31.2 Å². The molecule has 1 saturated heterocycles. The Hall–Kier alpha value is -3.13. The number of aryl methyl sites for hydroxylation is 1. The Balaban J connectivity index is 1.90. The summed E-state index contributed by atoms with van der Waals surface area (Å²) >= 11 is 0. The van der Waals surface area contributed by atoms with Gasteiger partial charge in [0.1, 0.15) is 10.6 Å². The second-order valence-corrected chi connectivity index (χ2v) is 10.4. The Kier molecular flexibility index (Phi) is 7.07. The second-order valence-electron chi connectivity index (χ2n) is 8.44. The summed E-state index contributed by atoms with van der Waals surface area (Å²) in [6.45, 7) is 7.42. The van der Waals surface area contributed by atoms with Crippen molar-refractivity contribution in [2.24, 2.45) is 5.92 Å². The lowest BCUT2D eigenvalue weighted by molar-refractivity contribution is -0.148. The minimum Gasteiger partial charge on any atom is -0.494 e. The van der Waals surface area contributed by atoms with Crippen LogP contribution in [0.4, 0.5) is 5.69 Å². The molecule has 7 nitrogen and oxygen atoms in total. The quantitative estimate of drug-likeness (QED) is 0.457. The Bertz CT molecular complexity index is 1290. The lowest BCUT2D eigenvalue weighted by Crippen LogP contribution is -2.40. The van der Waals surface area contributed by atoms with Crippen LogP contribution in [0.3, 0.4) is 0 Å². The largest absolute Gasteiger partial charge is 0.494 e. The van der Waals surface area contributed by atoms with Crippen molar-refractivity contribution in [1.29, 1.82) is 0 Å². The van der Waals surface area contributed by atoms with Crippen molar-refractivity contribution in [3.05, 3.63) is 54.2 Å². The number of anilines is 1. The van der Waals surface area contributed by atoms with Crippen molar-refractivity contribution in [1.82, 2.24) is 4.98 Å². The molecular weight excluding hydrogens is 452 g/mol. The fourth-order valence-corrected chi connectivity index (χ4v) is 5.83. The third-order valence-corrected chi connectivity index (χ3v) is 7.84. The number of rotatable bonds is 7. The van der Waals surface area contributed by atoms with Crippen LogP contribution in [0.25, 0.3) is 10.9 Å². The molecule has 0 N–H and O–H groups in total. The van der Waals surface area contributed by atoms with Crippen LogP contribution in [0, 0.1) is 12.8 Å². The van der Waals surface area contributed by atoms with E-state index in [1.165, 1.54) is 6.20 Å². The summed E-state index contributed by atoms with van der Waals surface area (Å²) in [5.74, 6) is 0.0762. The van der Waals surface area contributed by atoms with Gasteiger partial charge in [-0.3, -0.25) is 9.78 Å². The van der Waals surface area contributed by atoms with E-state index in [0.717, 1.165) is 12.0 Å². The molecule has 4 rings (SSSR count). The number of fused-ring (bicyclic) bond motifs is 1. The molecular formula is C26H30N2O5S. The van der Waals surface area contributed by atoms with E-state index in [2.05, 4.69) is 4.98 Å². The van der Waals surface area contributed by atoms with Crippen LogP contribution in [0.5, 0.6) is 5.75 Å². The minimum atomic E-state index is -3.86. The first-order chi connectivity index (χ1) is 16.3. The van der Waals surface area contributed by atoms with Crippen LogP contribution in [-0.4, -0.2) is 45.7 Å². The second kappa shape index (κ2) is 10.0. The lowest BCUT2D eigenvalue weighted by atomic mass is 9.97. The Morgan fingerprint density at radius 2 is 1.88 bits per heavy atom. The molecule has 1 aliphatic heterocycles. The number of nitrogens with zero attached hydrogens (tertiary/aromatic N) is 2. The zero-order valence-corrected chi connectivity index (χ0v) is 20.6. The number of pyridine rings is 1. The number of carbonyl (C=O) groups is 1. The van der Waals surface area contributed by atoms with Crippen LogP contribution in [0.1, 0.15) is 32.3 Å². The van der Waals surface area contributed by atoms with Gasteiger partial charge >= 0.3 is 5.97 Å². The van der Waals surface area contributed by atoms with Crippen molar-refractivity contribution < 1.29 is 22.7 Å². The van der Waals surface area contributed by atoms with E-state index < -0.39 is 9.84 Å². The summed E-state index contributed by atoms with van der Waals surface area (Å²) in [7, 11) is -3.86. The molecule has 1 aromatic heterocycles. The average molecular weight is 483 g/mol. The number of piperidine rings is 1. The fraction of sp³-hybridized carbons (Fsp3) is 0.385. The first-order valence-corrected chi connectivity index (χ1v) is 13.1. The van der Waals surface area contributed by atoms with Crippen molar-refractivity contribution in [2.45, 2.75) is 43.4 Å². The summed E-state index contributed by atoms with van der Waals surface area (Å²) in [6, 6.07) is 12.3. The highest BCUT2D eigenvalue weighted by Gasteiger charge is 2.32. The molecule has 0 radical (unpaired) electrons. The van der Waals surface area contributed by atoms with Gasteiger partial charge in [0.2, 0.25) is 9.84 Å². The normalized spacial score (nSPS) is 16.4. The minimum absolute atomic E-state index is 0.127. The van der Waals surface area contributed by atoms with Gasteiger partial charge in [0.25, 0.3) is 0 Å². The SMILES string of the molecule is CCOC(=O)[C@@H]1CCCN(c2c(S(=O)(=O)c3ccc(C)cc3)cnc3ccc(OCC)cc23)C1. The van der Waals surface area contributed by atoms with Crippen LogP contribution in [0.15, 0.2) is 58.5 Å². The van der Waals surface area contributed by atoms with Crippen molar-refractivity contribution >= 4 is 32.4 Å². The van der Waals surface area contributed by atoms with Gasteiger partial charge in [0.15, 0.2) is 0 Å². The van der Waals surface area contributed by atoms with Crippen LogP contribution in [-0.2, 0) is 19.4 Å². The number of ether oxygens (including phenoxy) is 2. The van der Waals surface area contributed by atoms with Gasteiger partial charge in [0.05, 0.1) is 35.2 Å². The number of hydrogen-bond acceptors (Lipinski definition) is 7. The molecule has 34 heavy (non-hydrogen) atoms. The lowest BCUT2D eigenvalue weighted by Gasteiger charge is -2.35. The number of hydrogen-bond donors (Lipinski definition) is 0. The van der Waals surface area contributed by atoms with E-state index >= 15 is 0 Å². The Labute approximate surface area is 200 Å². The molecule has 1 aliphatic rings. The van der Waals surface area contributed by atoms with Crippen LogP contribution < -0.4 is 9.64 Å². The predicted octanol–water partition coefficient (Wildman–Crippen LogP) is 4.55. The molecule has 2 heterocycles. The molecule has 1 fully saturated rings. The maximum Gasteiger partial charge on any atom is 0.310 e. The molecule has 0 unspecified atom stereocenters. The first-order valence-electron chi connectivity index (χ1n) is 11.6. The smallest absolute Gasteiger partial charge is 0.310 e. The molecule has 0 spiro atoms. The molecule has 0 amide bonds. The monoisotopic (exact) mass is 482 g/mol. The number of aromatic nitrogens is 1. The van der Waals surface area contributed by atoms with Gasteiger partial charge in [-0.1, -0.05) is 17.7 Å². The summed E-state index contributed by atoms with van der Waals surface area (Å²) in [5.41, 5.74) is 2.20. The van der Waals surface area contributed by atoms with Gasteiger partial charge in [-0.25, -0.2) is 8.42 Å². The van der Waals surface area contributed by atoms with E-state index in [0.29, 0.717) is 55.1 Å². The number of esters is 1. The van der Waals surface area contributed by atoms with E-state index in [-0.39, 0.29) is 21.7 Å². The van der Waals surface area contributed by atoms with Gasteiger partial charge in [-0.15, -0.1) is 0 Å². The highest BCUT2D eigenvalue weighted by atomic mass is 32.2. The van der Waals surface area contributed by atoms with Gasteiger partial charge in [-0.05, 0) is 63.9 Å². The predicted molar refractivity (Wildman–Crippen MR) is 131 cm³/mol. The molecule has 180 valence electrons. The zero-order chi connectivity index (χ0) is 24.3. The summed E-state index contributed by atoms with van der Waals surface area (Å²) in [4.78, 5) is 19.3. The van der Waals surface area contributed by atoms with Crippen LogP contribution >= 0.6 is 0 Å². The summed E-state index contributed by atoms with van der Waals surface area (Å²) in [6.07, 6.45) is 2.90. The van der Waals surface area contributed by atoms with Crippen molar-refractivity contribution in [2.75, 3.05) is 31.2 Å². The van der Waals surface area contributed by atoms with Gasteiger partial charge < -0.3 is 14.4 Å². The summed E-state index contributed by atoms with van der Waals surface area (Å²) in [5, 5.41) is 0.684. The van der Waals surface area contributed by atoms with Gasteiger partial charge in [-0.2, -0.15) is 0 Å². The average Bonchev–Trinajstić information content (AvgIpc) is 2.84. The molecule has 3 aromatic rings. The van der Waals surface area contributed by atoms with Crippen LogP contribution in [0.2, 0.25) is 0 Å². The van der Waals surface area contributed by atoms with E-state index in [4.69, 9.17) is 9.47 Å². The number of benzene rings is 2. The van der Waals surface area contributed by atoms with Gasteiger partial charge in [0, 0.05) is 24.7 Å². The Morgan fingerprint density at radius 3 is 2.59 bits per heavy atom. The third-order valence-electron chi connectivity index (χ3n) is 6.07. The number of sulfone groups is 1. The Morgan fingerprint density at radius 1 is 1.12 bits per heavy atom. The zero-order valence-electron chi connectivity index (χ0n) is 19.8. The molecule has 0 bridgehead atoms. The standard InChI is InChI=1S/C26H30N2O5S/c1-4-32-20-10-13-23-22(15-20)25(28-14-6-7-19(17-28)26(29)33-5-2)24(16-27-23)34(30,31)21-11-8-18(3)9-12-21/h8-13,15-16,19H,4-7,14,17H2,1-3H3/t19-/m1/s1. The molecule has 2 aromatic carbocycles. The van der Waals surface area contributed by atoms with Crippen molar-refractivity contribution in [3.63, 3.8) is 0 Å². The summed E-state index contributed by atoms with van der Waals surface area (Å²) < 4.78 is 38.5. The fourth-order valence-electron chi connectivity index (χ4n) is 4.40. The first kappa shape index (κ1) is 24.0. The number of carbonyl (C=O) groups excluding carboxylic acids is 1. The van der Waals surface area contributed by atoms with Crippen molar-refractivity contribution in [3.8, 4) is 5.75 Å². The third kappa shape index (κ3) is 4.73. The van der Waals surface area contributed by atoms with E-state index in [1.807, 2.05) is 36.9 Å². The maximum absolute atomic E-state index is 13.8.